The topological polar surface area (TPSA) is 83.8 Å². The summed E-state index contributed by atoms with van der Waals surface area (Å²) in [5, 5.41) is 21.0. The van der Waals surface area contributed by atoms with Crippen LogP contribution < -0.4 is 0 Å². The molecule has 0 aromatic carbocycles. The highest BCUT2D eigenvalue weighted by atomic mass is 16.5. The molecule has 2 N–H and O–H groups in total. The smallest absolute Gasteiger partial charge is 0.315 e. The van der Waals surface area contributed by atoms with Gasteiger partial charge in [-0.2, -0.15) is 0 Å². The Balaban J connectivity index is 1.86. The van der Waals surface area contributed by atoms with Crippen LogP contribution in [0.25, 0.3) is 0 Å². The number of cyclic esters (lactones) is 1. The summed E-state index contributed by atoms with van der Waals surface area (Å²) in [5.41, 5.74) is -0.408. The predicted octanol–water partition coefficient (Wildman–Crippen LogP) is 1.64. The Morgan fingerprint density at radius 3 is 2.68 bits per heavy atom. The lowest BCUT2D eigenvalue weighted by molar-refractivity contribution is -0.206. The van der Waals surface area contributed by atoms with Gasteiger partial charge in [0, 0.05) is 5.92 Å². The Kier molecular flexibility index (Phi) is 3.58. The molecule has 136 valence electrons. The Morgan fingerprint density at radius 1 is 1.32 bits per heavy atom. The summed E-state index contributed by atoms with van der Waals surface area (Å²) in [6.45, 7) is 7.87. The van der Waals surface area contributed by atoms with Crippen LogP contribution in [0, 0.1) is 34.5 Å². The van der Waals surface area contributed by atoms with Gasteiger partial charge >= 0.3 is 5.97 Å². The van der Waals surface area contributed by atoms with E-state index in [1.807, 2.05) is 13.8 Å². The first kappa shape index (κ1) is 17.0. The van der Waals surface area contributed by atoms with E-state index in [1.165, 1.54) is 0 Å². The lowest BCUT2D eigenvalue weighted by atomic mass is 9.51. The van der Waals surface area contributed by atoms with Crippen molar-refractivity contribution in [3.8, 4) is 0 Å². The number of hydrogen-bond donors (Lipinski definition) is 2. The first-order valence-corrected chi connectivity index (χ1v) is 9.21. The van der Waals surface area contributed by atoms with Gasteiger partial charge in [0.05, 0.1) is 18.1 Å². The first-order valence-electron chi connectivity index (χ1n) is 9.21. The molecule has 5 nitrogen and oxygen atoms in total. The molecule has 4 rings (SSSR count). The van der Waals surface area contributed by atoms with E-state index in [9.17, 15) is 19.8 Å². The second-order valence-corrected chi connectivity index (χ2v) is 8.56. The Hall–Kier alpha value is -1.46. The third-order valence-electron chi connectivity index (χ3n) is 7.45. The fourth-order valence-electron chi connectivity index (χ4n) is 6.20. The van der Waals surface area contributed by atoms with E-state index >= 15 is 0 Å². The third kappa shape index (κ3) is 1.81. The lowest BCUT2D eigenvalue weighted by Crippen LogP contribution is -2.63. The normalized spacial score (nSPS) is 45.8. The van der Waals surface area contributed by atoms with Crippen molar-refractivity contribution in [1.29, 1.82) is 0 Å². The van der Waals surface area contributed by atoms with E-state index in [1.54, 1.807) is 6.08 Å². The monoisotopic (exact) mass is 346 g/mol. The molecule has 2 spiro atoms. The number of carbonyl (C=O) groups excluding carboxylic acids is 2. The van der Waals surface area contributed by atoms with Crippen molar-refractivity contribution < 1.29 is 24.5 Å². The number of fused-ring (bicyclic) bond motifs is 2. The van der Waals surface area contributed by atoms with E-state index in [0.29, 0.717) is 18.4 Å². The standard InChI is InChI=1S/C20H26O5/c1-10(2)13-6-16(22)20(14(13)8-21)9-25-18(24)19-7-12(4-5-15(19)20)11(3)17(19)23/h6,10,12,14-15,17,21,23H,3-5,7-9H2,1-2H3. The SMILES string of the molecule is C=C1C2CCC3C(C2)(C(=O)OCC32C(=O)C=C(C(C)C)C2CO)C1O. The minimum atomic E-state index is -1.08. The number of allylic oxidation sites excluding steroid dienone is 1. The summed E-state index contributed by atoms with van der Waals surface area (Å²) in [6, 6.07) is 0. The third-order valence-corrected chi connectivity index (χ3v) is 7.45. The Labute approximate surface area is 147 Å². The van der Waals surface area contributed by atoms with Gasteiger partial charge in [-0.1, -0.05) is 26.0 Å². The zero-order chi connectivity index (χ0) is 18.1. The van der Waals surface area contributed by atoms with Crippen LogP contribution in [0.1, 0.15) is 33.1 Å². The molecule has 0 amide bonds. The molecule has 0 aromatic rings. The summed E-state index contributed by atoms with van der Waals surface area (Å²) in [7, 11) is 0. The molecule has 0 radical (unpaired) electrons. The van der Waals surface area contributed by atoms with Crippen molar-refractivity contribution in [3.63, 3.8) is 0 Å². The minimum absolute atomic E-state index is 0.00110. The zero-order valence-corrected chi connectivity index (χ0v) is 14.8. The number of aliphatic hydroxyl groups excluding tert-OH is 2. The highest BCUT2D eigenvalue weighted by molar-refractivity contribution is 6.01. The number of rotatable bonds is 2. The molecular formula is C20H26O5. The molecule has 4 aliphatic rings. The van der Waals surface area contributed by atoms with Gasteiger partial charge < -0.3 is 14.9 Å². The van der Waals surface area contributed by atoms with E-state index in [-0.39, 0.29) is 42.7 Å². The highest BCUT2D eigenvalue weighted by Crippen LogP contribution is 2.67. The van der Waals surface area contributed by atoms with Gasteiger partial charge in [0.15, 0.2) is 5.78 Å². The van der Waals surface area contributed by atoms with Gasteiger partial charge in [0.2, 0.25) is 0 Å². The maximum atomic E-state index is 13.2. The van der Waals surface area contributed by atoms with Crippen LogP contribution in [0.4, 0.5) is 0 Å². The second kappa shape index (κ2) is 5.27. The average molecular weight is 346 g/mol. The maximum absolute atomic E-state index is 13.2. The van der Waals surface area contributed by atoms with Crippen molar-refractivity contribution in [3.05, 3.63) is 23.8 Å². The van der Waals surface area contributed by atoms with Crippen LogP contribution in [0.15, 0.2) is 23.8 Å². The van der Waals surface area contributed by atoms with Gasteiger partial charge in [-0.25, -0.2) is 0 Å². The van der Waals surface area contributed by atoms with Gasteiger partial charge in [0.1, 0.15) is 12.0 Å². The summed E-state index contributed by atoms with van der Waals surface area (Å²) in [5.74, 6) is -0.891. The molecule has 2 bridgehead atoms. The van der Waals surface area contributed by atoms with Gasteiger partial charge in [0.25, 0.3) is 0 Å². The van der Waals surface area contributed by atoms with Crippen molar-refractivity contribution in [2.24, 2.45) is 34.5 Å². The second-order valence-electron chi connectivity index (χ2n) is 8.56. The molecular weight excluding hydrogens is 320 g/mol. The zero-order valence-electron chi connectivity index (χ0n) is 14.8. The van der Waals surface area contributed by atoms with E-state index in [0.717, 1.165) is 12.0 Å². The largest absolute Gasteiger partial charge is 0.464 e. The predicted molar refractivity (Wildman–Crippen MR) is 90.3 cm³/mol. The van der Waals surface area contributed by atoms with E-state index < -0.39 is 22.9 Å². The first-order chi connectivity index (χ1) is 11.8. The van der Waals surface area contributed by atoms with Crippen LogP contribution in [-0.4, -0.2) is 41.3 Å². The molecule has 6 atom stereocenters. The molecule has 2 saturated carbocycles. The Bertz CT molecular complexity index is 692. The number of ketones is 1. The summed E-state index contributed by atoms with van der Waals surface area (Å²) < 4.78 is 5.55. The molecule has 1 aliphatic heterocycles. The fourth-order valence-corrected chi connectivity index (χ4v) is 6.20. The van der Waals surface area contributed by atoms with Gasteiger partial charge in [-0.15, -0.1) is 0 Å². The highest BCUT2D eigenvalue weighted by Gasteiger charge is 2.72. The van der Waals surface area contributed by atoms with Crippen LogP contribution in [0.5, 0.6) is 0 Å². The minimum Gasteiger partial charge on any atom is -0.464 e. The van der Waals surface area contributed by atoms with Crippen LogP contribution in [0.2, 0.25) is 0 Å². The van der Waals surface area contributed by atoms with Crippen LogP contribution in [0.3, 0.4) is 0 Å². The Morgan fingerprint density at radius 2 is 2.04 bits per heavy atom. The fraction of sp³-hybridized carbons (Fsp3) is 0.700. The molecule has 25 heavy (non-hydrogen) atoms. The number of esters is 1. The molecule has 1 heterocycles. The molecule has 3 aliphatic carbocycles. The molecule has 1 saturated heterocycles. The van der Waals surface area contributed by atoms with Crippen molar-refractivity contribution in [1.82, 2.24) is 0 Å². The average Bonchev–Trinajstić information content (AvgIpc) is 2.98. The van der Waals surface area contributed by atoms with E-state index in [2.05, 4.69) is 6.58 Å². The summed E-state index contributed by atoms with van der Waals surface area (Å²) in [6.07, 6.45) is 2.68. The number of hydrogen-bond acceptors (Lipinski definition) is 5. The molecule has 5 heteroatoms. The van der Waals surface area contributed by atoms with Crippen LogP contribution in [-0.2, 0) is 14.3 Å². The lowest BCUT2D eigenvalue weighted by Gasteiger charge is -2.54. The maximum Gasteiger partial charge on any atom is 0.315 e. The quantitative estimate of drug-likeness (QED) is 0.587. The van der Waals surface area contributed by atoms with Gasteiger partial charge in [-0.3, -0.25) is 9.59 Å². The van der Waals surface area contributed by atoms with Gasteiger partial charge in [-0.05, 0) is 48.7 Å². The van der Waals surface area contributed by atoms with Crippen LogP contribution >= 0.6 is 0 Å². The van der Waals surface area contributed by atoms with E-state index in [4.69, 9.17) is 4.74 Å². The van der Waals surface area contributed by atoms with Crippen molar-refractivity contribution >= 4 is 11.8 Å². The molecule has 6 unspecified atom stereocenters. The van der Waals surface area contributed by atoms with Crippen molar-refractivity contribution in [2.75, 3.05) is 13.2 Å². The summed E-state index contributed by atoms with van der Waals surface area (Å²) in [4.78, 5) is 26.0. The number of aliphatic hydroxyl groups is 2. The molecule has 0 aromatic heterocycles. The summed E-state index contributed by atoms with van der Waals surface area (Å²) >= 11 is 0. The molecule has 3 fully saturated rings. The van der Waals surface area contributed by atoms with Crippen molar-refractivity contribution in [2.45, 2.75) is 39.2 Å². The number of carbonyl (C=O) groups is 2. The number of ether oxygens (including phenoxy) is 1.